The van der Waals surface area contributed by atoms with Gasteiger partial charge in [-0.3, -0.25) is 14.5 Å². The fraction of sp³-hybridized carbons (Fsp3) is 0.529. The average Bonchev–Trinajstić information content (AvgIpc) is 2.89. The molecule has 1 fully saturated rings. The van der Waals surface area contributed by atoms with Gasteiger partial charge < -0.3 is 10.2 Å². The molecule has 1 aromatic rings. The lowest BCUT2D eigenvalue weighted by molar-refractivity contribution is 0.0880. The molecule has 0 unspecified atom stereocenters. The van der Waals surface area contributed by atoms with Crippen LogP contribution in [0.5, 0.6) is 0 Å². The highest BCUT2D eigenvalue weighted by Crippen LogP contribution is 2.25. The van der Waals surface area contributed by atoms with Crippen molar-refractivity contribution in [1.82, 2.24) is 15.1 Å². The largest absolute Gasteiger partial charge is 0.350 e. The number of carbonyl (C=O) groups excluding carboxylic acids is 2. The van der Waals surface area contributed by atoms with E-state index < -0.39 is 0 Å². The van der Waals surface area contributed by atoms with E-state index in [1.165, 1.54) is 0 Å². The second-order valence-corrected chi connectivity index (χ2v) is 6.36. The number of fused-ring (bicyclic) bond motifs is 1. The van der Waals surface area contributed by atoms with Crippen LogP contribution in [0.1, 0.15) is 32.7 Å². The summed E-state index contributed by atoms with van der Waals surface area (Å²) in [5, 5.41) is 3.05. The van der Waals surface area contributed by atoms with Gasteiger partial charge in [0.1, 0.15) is 0 Å². The van der Waals surface area contributed by atoms with Crippen LogP contribution in [0.4, 0.5) is 0 Å². The number of nitrogens with zero attached hydrogens (tertiary/aromatic N) is 2. The molecule has 0 spiro atoms. The summed E-state index contributed by atoms with van der Waals surface area (Å²) in [6, 6.07) is 5.79. The zero-order valence-corrected chi connectivity index (χ0v) is 13.3. The van der Waals surface area contributed by atoms with E-state index in [1.54, 1.807) is 6.07 Å². The molecule has 1 aliphatic carbocycles. The third-order valence-electron chi connectivity index (χ3n) is 4.80. The molecular formula is C17H23N3O2. The molecule has 1 aromatic carbocycles. The zero-order valence-electron chi connectivity index (χ0n) is 13.3. The summed E-state index contributed by atoms with van der Waals surface area (Å²) in [4.78, 5) is 28.8. The lowest BCUT2D eigenvalue weighted by Crippen LogP contribution is -2.54. The fourth-order valence-electron chi connectivity index (χ4n) is 3.33. The van der Waals surface area contributed by atoms with Crippen molar-refractivity contribution in [3.05, 3.63) is 34.9 Å². The van der Waals surface area contributed by atoms with E-state index >= 15 is 0 Å². The van der Waals surface area contributed by atoms with Crippen LogP contribution in [0.25, 0.3) is 0 Å². The Morgan fingerprint density at radius 1 is 1.27 bits per heavy atom. The number of ketones is 1. The van der Waals surface area contributed by atoms with Gasteiger partial charge in [-0.1, -0.05) is 12.1 Å². The predicted octanol–water partition coefficient (Wildman–Crippen LogP) is 0.791. The van der Waals surface area contributed by atoms with Crippen LogP contribution in [0, 0.1) is 0 Å². The standard InChI is InChI=1S/C17H23N3O2/c1-19-8-9-20(2)12(11-19)10-18-17(22)15-5-3-4-14-13(15)6-7-16(14)21/h3-5,12H,6-11H2,1-2H3,(H,18,22)/t12-/m0/s1. The second kappa shape index (κ2) is 6.18. The van der Waals surface area contributed by atoms with Crippen LogP contribution in [0.15, 0.2) is 18.2 Å². The number of benzene rings is 1. The Morgan fingerprint density at radius 3 is 2.91 bits per heavy atom. The van der Waals surface area contributed by atoms with Crippen molar-refractivity contribution in [3.8, 4) is 0 Å². The summed E-state index contributed by atoms with van der Waals surface area (Å²) in [6.45, 7) is 3.68. The maximum Gasteiger partial charge on any atom is 0.251 e. The molecule has 118 valence electrons. The Morgan fingerprint density at radius 2 is 2.09 bits per heavy atom. The van der Waals surface area contributed by atoms with Gasteiger partial charge in [-0.15, -0.1) is 0 Å². The van der Waals surface area contributed by atoms with Gasteiger partial charge in [-0.05, 0) is 32.1 Å². The summed E-state index contributed by atoms with van der Waals surface area (Å²) in [7, 11) is 4.21. The van der Waals surface area contributed by atoms with Crippen molar-refractivity contribution in [1.29, 1.82) is 0 Å². The van der Waals surface area contributed by atoms with Gasteiger partial charge in [0.05, 0.1) is 0 Å². The third kappa shape index (κ3) is 2.91. The van der Waals surface area contributed by atoms with Crippen molar-refractivity contribution in [3.63, 3.8) is 0 Å². The fourth-order valence-corrected chi connectivity index (χ4v) is 3.33. The average molecular weight is 301 g/mol. The maximum absolute atomic E-state index is 12.5. The first-order valence-electron chi connectivity index (χ1n) is 7.88. The van der Waals surface area contributed by atoms with Gasteiger partial charge >= 0.3 is 0 Å². The molecule has 2 aliphatic rings. The number of likely N-dealkylation sites (N-methyl/N-ethyl adjacent to an activating group) is 2. The highest BCUT2D eigenvalue weighted by molar-refractivity contribution is 6.05. The molecule has 0 bridgehead atoms. The van der Waals surface area contributed by atoms with Gasteiger partial charge in [-0.2, -0.15) is 0 Å². The minimum atomic E-state index is -0.0619. The van der Waals surface area contributed by atoms with Gasteiger partial charge in [0.2, 0.25) is 0 Å². The van der Waals surface area contributed by atoms with Crippen molar-refractivity contribution >= 4 is 11.7 Å². The first kappa shape index (κ1) is 15.2. The van der Waals surface area contributed by atoms with Crippen LogP contribution in [0.3, 0.4) is 0 Å². The van der Waals surface area contributed by atoms with E-state index in [-0.39, 0.29) is 11.7 Å². The molecule has 1 aliphatic heterocycles. The van der Waals surface area contributed by atoms with Crippen molar-refractivity contribution in [2.24, 2.45) is 0 Å². The number of piperazine rings is 1. The topological polar surface area (TPSA) is 52.6 Å². The van der Waals surface area contributed by atoms with E-state index in [0.29, 0.717) is 31.0 Å². The first-order chi connectivity index (χ1) is 10.6. The van der Waals surface area contributed by atoms with E-state index in [2.05, 4.69) is 29.2 Å². The molecule has 5 heteroatoms. The molecule has 1 saturated heterocycles. The van der Waals surface area contributed by atoms with Gasteiger partial charge in [0.25, 0.3) is 5.91 Å². The summed E-state index contributed by atoms with van der Waals surface area (Å²) >= 11 is 0. The monoisotopic (exact) mass is 301 g/mol. The number of hydrogen-bond acceptors (Lipinski definition) is 4. The molecule has 1 atom stereocenters. The number of rotatable bonds is 3. The van der Waals surface area contributed by atoms with E-state index in [0.717, 1.165) is 30.8 Å². The molecule has 22 heavy (non-hydrogen) atoms. The smallest absolute Gasteiger partial charge is 0.251 e. The summed E-state index contributed by atoms with van der Waals surface area (Å²) < 4.78 is 0. The second-order valence-electron chi connectivity index (χ2n) is 6.36. The Labute approximate surface area is 131 Å². The number of carbonyl (C=O) groups is 2. The summed E-state index contributed by atoms with van der Waals surface area (Å²) in [5.41, 5.74) is 2.30. The Kier molecular flexibility index (Phi) is 4.27. The van der Waals surface area contributed by atoms with E-state index in [4.69, 9.17) is 0 Å². The molecular weight excluding hydrogens is 278 g/mol. The minimum absolute atomic E-state index is 0.0619. The number of nitrogens with one attached hydrogen (secondary N) is 1. The number of amides is 1. The van der Waals surface area contributed by atoms with Gasteiger partial charge in [0.15, 0.2) is 5.78 Å². The zero-order chi connectivity index (χ0) is 15.7. The molecule has 0 radical (unpaired) electrons. The minimum Gasteiger partial charge on any atom is -0.350 e. The van der Waals surface area contributed by atoms with E-state index in [9.17, 15) is 9.59 Å². The highest BCUT2D eigenvalue weighted by atomic mass is 16.1. The molecule has 0 saturated carbocycles. The van der Waals surface area contributed by atoms with Crippen LogP contribution >= 0.6 is 0 Å². The lowest BCUT2D eigenvalue weighted by atomic mass is 10.0. The Bertz CT molecular complexity index is 600. The van der Waals surface area contributed by atoms with Crippen LogP contribution in [-0.4, -0.2) is 67.8 Å². The van der Waals surface area contributed by atoms with Crippen molar-refractivity contribution < 1.29 is 9.59 Å². The Hall–Kier alpha value is -1.72. The molecule has 5 nitrogen and oxygen atoms in total. The number of Topliss-reactive ketones (excluding diaryl/α,β-unsaturated/α-hetero) is 1. The van der Waals surface area contributed by atoms with Gasteiger partial charge in [-0.25, -0.2) is 0 Å². The lowest BCUT2D eigenvalue weighted by Gasteiger charge is -2.37. The van der Waals surface area contributed by atoms with Gasteiger partial charge in [0, 0.05) is 49.8 Å². The molecule has 1 heterocycles. The van der Waals surface area contributed by atoms with E-state index in [1.807, 2.05) is 12.1 Å². The van der Waals surface area contributed by atoms with Crippen LogP contribution < -0.4 is 5.32 Å². The van der Waals surface area contributed by atoms with Crippen molar-refractivity contribution in [2.75, 3.05) is 40.3 Å². The van der Waals surface area contributed by atoms with Crippen LogP contribution in [0.2, 0.25) is 0 Å². The molecule has 3 rings (SSSR count). The molecule has 1 amide bonds. The normalized spacial score (nSPS) is 22.6. The predicted molar refractivity (Wildman–Crippen MR) is 85.3 cm³/mol. The number of hydrogen-bond donors (Lipinski definition) is 1. The summed E-state index contributed by atoms with van der Waals surface area (Å²) in [5.74, 6) is 0.0893. The Balaban J connectivity index is 1.67. The first-order valence-corrected chi connectivity index (χ1v) is 7.88. The molecule has 1 N–H and O–H groups in total. The SMILES string of the molecule is CN1CCN(C)[C@@H](CNC(=O)c2cccc3c2CCC3=O)C1. The highest BCUT2D eigenvalue weighted by Gasteiger charge is 2.26. The quantitative estimate of drug-likeness (QED) is 0.897. The van der Waals surface area contributed by atoms with Crippen LogP contribution in [-0.2, 0) is 6.42 Å². The summed E-state index contributed by atoms with van der Waals surface area (Å²) in [6.07, 6.45) is 1.21. The maximum atomic E-state index is 12.5. The molecule has 0 aromatic heterocycles. The van der Waals surface area contributed by atoms with Crippen molar-refractivity contribution in [2.45, 2.75) is 18.9 Å². The third-order valence-corrected chi connectivity index (χ3v) is 4.80.